The van der Waals surface area contributed by atoms with E-state index in [1.807, 2.05) is 11.3 Å². The van der Waals surface area contributed by atoms with Crippen LogP contribution in [0.1, 0.15) is 48.2 Å². The van der Waals surface area contributed by atoms with Crippen molar-refractivity contribution in [3.63, 3.8) is 0 Å². The summed E-state index contributed by atoms with van der Waals surface area (Å²) in [4.78, 5) is 7.23. The van der Waals surface area contributed by atoms with Gasteiger partial charge in [0.2, 0.25) is 0 Å². The number of oxazole rings is 1. The van der Waals surface area contributed by atoms with Crippen LogP contribution in [0.4, 0.5) is 0 Å². The number of rotatable bonds is 4. The lowest BCUT2D eigenvalue weighted by molar-refractivity contribution is 0.570. The molecule has 0 spiro atoms. The van der Waals surface area contributed by atoms with Gasteiger partial charge in [-0.2, -0.15) is 0 Å². The largest absolute Gasteiger partial charge is 0.442 e. The number of aryl methyl sites for hydroxylation is 2. The van der Waals surface area contributed by atoms with Gasteiger partial charge in [-0.25, -0.2) is 4.98 Å². The highest BCUT2D eigenvalue weighted by atomic mass is 32.1. The van der Waals surface area contributed by atoms with E-state index in [-0.39, 0.29) is 0 Å². The van der Waals surface area contributed by atoms with Gasteiger partial charge in [0.25, 0.3) is 0 Å². The van der Waals surface area contributed by atoms with Crippen LogP contribution < -0.4 is 5.32 Å². The average Bonchev–Trinajstić information content (AvgIpc) is 3.10. The molecule has 2 heterocycles. The molecule has 0 radical (unpaired) electrons. The van der Waals surface area contributed by atoms with Crippen LogP contribution in [0, 0.1) is 0 Å². The minimum Gasteiger partial charge on any atom is -0.442 e. The van der Waals surface area contributed by atoms with Crippen LogP contribution in [0.5, 0.6) is 0 Å². The zero-order chi connectivity index (χ0) is 13.4. The molecule has 2 aromatic rings. The van der Waals surface area contributed by atoms with Crippen molar-refractivity contribution in [3.8, 4) is 10.6 Å². The van der Waals surface area contributed by atoms with E-state index in [1.54, 1.807) is 16.8 Å². The smallest absolute Gasteiger partial charge is 0.181 e. The van der Waals surface area contributed by atoms with E-state index in [1.165, 1.54) is 49.8 Å². The molecule has 106 valence electrons. The second kappa shape index (κ2) is 5.34. The average molecular weight is 288 g/mol. The Morgan fingerprint density at radius 1 is 1.25 bits per heavy atom. The molecule has 4 heteroatoms. The van der Waals surface area contributed by atoms with Crippen molar-refractivity contribution in [1.82, 2.24) is 10.3 Å². The van der Waals surface area contributed by atoms with E-state index < -0.39 is 0 Å². The van der Waals surface area contributed by atoms with Crippen LogP contribution in [0.15, 0.2) is 16.9 Å². The van der Waals surface area contributed by atoms with Gasteiger partial charge in [-0.3, -0.25) is 0 Å². The number of nitrogens with one attached hydrogen (secondary N) is 1. The number of aromatic nitrogens is 1. The van der Waals surface area contributed by atoms with Crippen molar-refractivity contribution in [2.45, 2.75) is 57.5 Å². The van der Waals surface area contributed by atoms with Gasteiger partial charge in [0, 0.05) is 17.5 Å². The molecule has 0 atom stereocenters. The van der Waals surface area contributed by atoms with Gasteiger partial charge in [-0.1, -0.05) is 6.42 Å². The van der Waals surface area contributed by atoms with E-state index in [2.05, 4.69) is 16.4 Å². The second-order valence-corrected chi connectivity index (χ2v) is 7.04. The Balaban J connectivity index is 1.58. The Hall–Kier alpha value is -1.13. The molecule has 2 aliphatic carbocycles. The Kier molecular flexibility index (Phi) is 3.36. The van der Waals surface area contributed by atoms with Crippen LogP contribution in [0.3, 0.4) is 0 Å². The molecule has 2 aromatic heterocycles. The summed E-state index contributed by atoms with van der Waals surface area (Å²) in [5.74, 6) is 0.983. The topological polar surface area (TPSA) is 38.1 Å². The third-order valence-electron chi connectivity index (χ3n) is 4.25. The highest BCUT2D eigenvalue weighted by Gasteiger charge is 2.22. The number of thiophene rings is 1. The first-order valence-corrected chi connectivity index (χ1v) is 8.49. The molecule has 0 amide bonds. The second-order valence-electron chi connectivity index (χ2n) is 5.90. The lowest BCUT2D eigenvalue weighted by Crippen LogP contribution is -2.15. The predicted octanol–water partition coefficient (Wildman–Crippen LogP) is 3.92. The van der Waals surface area contributed by atoms with Crippen LogP contribution in [0.25, 0.3) is 10.6 Å². The number of hydrogen-bond donors (Lipinski definition) is 1. The summed E-state index contributed by atoms with van der Waals surface area (Å²) < 4.78 is 5.67. The Bertz CT molecular complexity index is 574. The van der Waals surface area contributed by atoms with Gasteiger partial charge in [0.1, 0.15) is 5.69 Å². The molecule has 2 aliphatic rings. The van der Waals surface area contributed by atoms with Crippen molar-refractivity contribution in [1.29, 1.82) is 0 Å². The van der Waals surface area contributed by atoms with Crippen molar-refractivity contribution >= 4 is 11.3 Å². The normalized spacial score (nSPS) is 18.8. The van der Waals surface area contributed by atoms with Crippen molar-refractivity contribution < 1.29 is 4.42 Å². The van der Waals surface area contributed by atoms with Crippen LogP contribution in [-0.2, 0) is 19.4 Å². The van der Waals surface area contributed by atoms with Crippen molar-refractivity contribution in [2.75, 3.05) is 0 Å². The molecule has 0 unspecified atom stereocenters. The highest BCUT2D eigenvalue weighted by Crippen LogP contribution is 2.36. The predicted molar refractivity (Wildman–Crippen MR) is 80.9 cm³/mol. The lowest BCUT2D eigenvalue weighted by Gasteiger charge is -2.00. The van der Waals surface area contributed by atoms with Crippen LogP contribution in [0.2, 0.25) is 0 Å². The first-order valence-electron chi connectivity index (χ1n) is 7.68. The summed E-state index contributed by atoms with van der Waals surface area (Å²) in [5, 5.41) is 3.52. The maximum Gasteiger partial charge on any atom is 0.181 e. The van der Waals surface area contributed by atoms with Gasteiger partial charge >= 0.3 is 0 Å². The van der Waals surface area contributed by atoms with E-state index in [9.17, 15) is 0 Å². The monoisotopic (exact) mass is 288 g/mol. The Morgan fingerprint density at radius 3 is 3.05 bits per heavy atom. The minimum absolute atomic E-state index is 0.708. The number of hydrogen-bond acceptors (Lipinski definition) is 4. The van der Waals surface area contributed by atoms with E-state index in [4.69, 9.17) is 4.42 Å². The van der Waals surface area contributed by atoms with Crippen molar-refractivity contribution in [2.24, 2.45) is 0 Å². The molecule has 0 saturated heterocycles. The zero-order valence-corrected chi connectivity index (χ0v) is 12.5. The fourth-order valence-electron chi connectivity index (χ4n) is 2.90. The van der Waals surface area contributed by atoms with Crippen LogP contribution in [-0.4, -0.2) is 11.0 Å². The molecule has 0 aromatic carbocycles. The number of fused-ring (bicyclic) bond motifs is 1. The van der Waals surface area contributed by atoms with E-state index >= 15 is 0 Å². The molecule has 0 aliphatic heterocycles. The van der Waals surface area contributed by atoms with Gasteiger partial charge in [0.05, 0.1) is 4.88 Å². The standard InChI is InChI=1S/C16H20N2OS/c1-2-4-11-8-15(20-14(11)5-3-1)16-13(18-10-19-16)9-17-12-6-7-12/h8,10,12,17H,1-7,9H2. The molecule has 1 N–H and O–H groups in total. The van der Waals surface area contributed by atoms with Gasteiger partial charge in [0.15, 0.2) is 12.2 Å². The third-order valence-corrected chi connectivity index (χ3v) is 5.48. The molecule has 0 bridgehead atoms. The molecule has 20 heavy (non-hydrogen) atoms. The maximum atomic E-state index is 5.67. The first kappa shape index (κ1) is 12.6. The molecule has 3 nitrogen and oxygen atoms in total. The summed E-state index contributed by atoms with van der Waals surface area (Å²) in [7, 11) is 0. The lowest BCUT2D eigenvalue weighted by atomic mass is 10.1. The molecular weight excluding hydrogens is 268 g/mol. The maximum absolute atomic E-state index is 5.67. The van der Waals surface area contributed by atoms with Gasteiger partial charge in [-0.15, -0.1) is 11.3 Å². The molecule has 1 saturated carbocycles. The summed E-state index contributed by atoms with van der Waals surface area (Å²) >= 11 is 1.91. The fraction of sp³-hybridized carbons (Fsp3) is 0.562. The summed E-state index contributed by atoms with van der Waals surface area (Å²) in [6.45, 7) is 0.832. The van der Waals surface area contributed by atoms with E-state index in [0.717, 1.165) is 18.0 Å². The SMILES string of the molecule is c1nc(CNC2CC2)c(-c2cc3c(s2)CCCCC3)o1. The van der Waals surface area contributed by atoms with Gasteiger partial charge in [-0.05, 0) is 50.2 Å². The molecule has 4 rings (SSSR count). The molecular formula is C16H20N2OS. The quantitative estimate of drug-likeness (QED) is 0.866. The minimum atomic E-state index is 0.708. The summed E-state index contributed by atoms with van der Waals surface area (Å²) in [5.41, 5.74) is 2.60. The summed E-state index contributed by atoms with van der Waals surface area (Å²) in [6, 6.07) is 3.05. The Labute approximate surface area is 123 Å². The number of nitrogens with zero attached hydrogens (tertiary/aromatic N) is 1. The van der Waals surface area contributed by atoms with Crippen LogP contribution >= 0.6 is 11.3 Å². The molecule has 1 fully saturated rings. The van der Waals surface area contributed by atoms with E-state index in [0.29, 0.717) is 6.04 Å². The van der Waals surface area contributed by atoms with Crippen molar-refractivity contribution in [3.05, 3.63) is 28.6 Å². The fourth-order valence-corrected chi connectivity index (χ4v) is 4.17. The third kappa shape index (κ3) is 2.54. The first-order chi connectivity index (χ1) is 9.90. The zero-order valence-electron chi connectivity index (χ0n) is 11.7. The van der Waals surface area contributed by atoms with Gasteiger partial charge < -0.3 is 9.73 Å². The Morgan fingerprint density at radius 2 is 2.15 bits per heavy atom. The highest BCUT2D eigenvalue weighted by molar-refractivity contribution is 7.15. The summed E-state index contributed by atoms with van der Waals surface area (Å²) in [6.07, 6.45) is 10.7.